The Balaban J connectivity index is 1.93. The van der Waals surface area contributed by atoms with Crippen LogP contribution in [0.3, 0.4) is 0 Å². The second-order valence-electron chi connectivity index (χ2n) is 5.84. The van der Waals surface area contributed by atoms with Crippen molar-refractivity contribution in [1.29, 1.82) is 0 Å². The second-order valence-corrected chi connectivity index (χ2v) is 6.66. The smallest absolute Gasteiger partial charge is 0.301 e. The van der Waals surface area contributed by atoms with E-state index in [9.17, 15) is 19.1 Å². The summed E-state index contributed by atoms with van der Waals surface area (Å²) in [5.74, 6) is -2.57. The molecule has 0 bridgehead atoms. The summed E-state index contributed by atoms with van der Waals surface area (Å²) in [6.07, 6.45) is 3.14. The maximum absolute atomic E-state index is 13.2. The van der Waals surface area contributed by atoms with Crippen molar-refractivity contribution < 1.29 is 19.1 Å². The first-order chi connectivity index (χ1) is 13.0. The third kappa shape index (κ3) is 2.79. The van der Waals surface area contributed by atoms with E-state index in [1.54, 1.807) is 13.2 Å². The van der Waals surface area contributed by atoms with Crippen LogP contribution in [0.1, 0.15) is 17.2 Å². The molecule has 4 rings (SSSR count). The molecule has 1 atom stereocenters. The SMILES string of the molecule is Cn1cc(C2/C(=C(\O)c3ccc(F)cc3)C(=O)C(=O)N2c2nncs2)cn1. The minimum atomic E-state index is -0.920. The Hall–Kier alpha value is -3.40. The minimum absolute atomic E-state index is 0.116. The molecule has 1 N–H and O–H groups in total. The largest absolute Gasteiger partial charge is 0.507 e. The van der Waals surface area contributed by atoms with Gasteiger partial charge in [0.05, 0.1) is 11.8 Å². The Labute approximate surface area is 156 Å². The maximum Gasteiger partial charge on any atom is 0.301 e. The number of benzene rings is 1. The fourth-order valence-electron chi connectivity index (χ4n) is 2.96. The number of aliphatic hydroxyl groups is 1. The van der Waals surface area contributed by atoms with Crippen molar-refractivity contribution in [2.45, 2.75) is 6.04 Å². The van der Waals surface area contributed by atoms with Crippen LogP contribution in [0.25, 0.3) is 5.76 Å². The summed E-state index contributed by atoms with van der Waals surface area (Å²) in [4.78, 5) is 26.6. The Morgan fingerprint density at radius 3 is 2.59 bits per heavy atom. The highest BCUT2D eigenvalue weighted by Gasteiger charge is 2.48. The van der Waals surface area contributed by atoms with Gasteiger partial charge in [-0.2, -0.15) is 5.10 Å². The molecule has 2 aromatic heterocycles. The number of Topliss-reactive ketones (excluding diaryl/α,β-unsaturated/α-hetero) is 1. The van der Waals surface area contributed by atoms with E-state index < -0.39 is 29.3 Å². The van der Waals surface area contributed by atoms with E-state index >= 15 is 0 Å². The van der Waals surface area contributed by atoms with Crippen molar-refractivity contribution in [3.05, 3.63) is 64.7 Å². The number of anilines is 1. The van der Waals surface area contributed by atoms with Crippen LogP contribution in [0.5, 0.6) is 0 Å². The maximum atomic E-state index is 13.2. The minimum Gasteiger partial charge on any atom is -0.507 e. The number of ketones is 1. The van der Waals surface area contributed by atoms with Crippen molar-refractivity contribution in [3.63, 3.8) is 0 Å². The lowest BCUT2D eigenvalue weighted by atomic mass is 9.97. The predicted octanol–water partition coefficient (Wildman–Crippen LogP) is 2.04. The molecule has 0 aliphatic carbocycles. The van der Waals surface area contributed by atoms with E-state index in [-0.39, 0.29) is 16.3 Å². The molecule has 3 heterocycles. The number of hydrogen-bond donors (Lipinski definition) is 1. The molecule has 1 saturated heterocycles. The summed E-state index contributed by atoms with van der Waals surface area (Å²) >= 11 is 1.09. The summed E-state index contributed by atoms with van der Waals surface area (Å²) in [5.41, 5.74) is 2.07. The van der Waals surface area contributed by atoms with E-state index in [0.717, 1.165) is 23.5 Å². The number of hydrogen-bond acceptors (Lipinski definition) is 7. The van der Waals surface area contributed by atoms with E-state index in [2.05, 4.69) is 15.3 Å². The molecule has 0 saturated carbocycles. The number of aromatic nitrogens is 4. The first kappa shape index (κ1) is 17.0. The van der Waals surface area contributed by atoms with Gasteiger partial charge in [-0.25, -0.2) is 4.39 Å². The third-order valence-corrected chi connectivity index (χ3v) is 4.85. The molecule has 10 heteroatoms. The summed E-state index contributed by atoms with van der Waals surface area (Å²) in [6, 6.07) is 4.08. The Bertz CT molecular complexity index is 1060. The van der Waals surface area contributed by atoms with Crippen LogP contribution in [0, 0.1) is 5.82 Å². The summed E-state index contributed by atoms with van der Waals surface area (Å²) in [5, 5.41) is 22.7. The lowest BCUT2D eigenvalue weighted by molar-refractivity contribution is -0.132. The summed E-state index contributed by atoms with van der Waals surface area (Å²) in [7, 11) is 1.70. The number of halogens is 1. The summed E-state index contributed by atoms with van der Waals surface area (Å²) in [6.45, 7) is 0. The van der Waals surface area contributed by atoms with Gasteiger partial charge in [-0.1, -0.05) is 11.3 Å². The van der Waals surface area contributed by atoms with E-state index in [1.165, 1.54) is 33.4 Å². The number of nitrogens with zero attached hydrogens (tertiary/aromatic N) is 5. The zero-order chi connectivity index (χ0) is 19.1. The first-order valence-corrected chi connectivity index (χ1v) is 8.67. The number of carbonyl (C=O) groups is 2. The number of amides is 1. The van der Waals surface area contributed by atoms with Crippen LogP contribution < -0.4 is 4.90 Å². The topological polar surface area (TPSA) is 101 Å². The average molecular weight is 385 g/mol. The molecule has 136 valence electrons. The monoisotopic (exact) mass is 385 g/mol. The molecular weight excluding hydrogens is 373 g/mol. The highest BCUT2D eigenvalue weighted by Crippen LogP contribution is 2.42. The van der Waals surface area contributed by atoms with Gasteiger partial charge in [-0.15, -0.1) is 10.2 Å². The quantitative estimate of drug-likeness (QED) is 0.421. The van der Waals surface area contributed by atoms with Crippen molar-refractivity contribution >= 4 is 33.9 Å². The van der Waals surface area contributed by atoms with Gasteiger partial charge >= 0.3 is 5.91 Å². The molecule has 8 nitrogen and oxygen atoms in total. The molecule has 3 aromatic rings. The molecule has 1 aliphatic rings. The van der Waals surface area contributed by atoms with Crippen LogP contribution in [-0.4, -0.2) is 36.8 Å². The van der Waals surface area contributed by atoms with E-state index in [0.29, 0.717) is 5.56 Å². The van der Waals surface area contributed by atoms with Crippen LogP contribution in [-0.2, 0) is 16.6 Å². The van der Waals surface area contributed by atoms with Gasteiger partial charge in [0.25, 0.3) is 5.78 Å². The molecule has 1 aromatic carbocycles. The number of aliphatic hydroxyl groups excluding tert-OH is 1. The Morgan fingerprint density at radius 1 is 1.26 bits per heavy atom. The van der Waals surface area contributed by atoms with Gasteiger partial charge in [-0.3, -0.25) is 19.2 Å². The highest BCUT2D eigenvalue weighted by molar-refractivity contribution is 7.13. The van der Waals surface area contributed by atoms with Crippen molar-refractivity contribution in [3.8, 4) is 0 Å². The van der Waals surface area contributed by atoms with Gasteiger partial charge in [-0.05, 0) is 24.3 Å². The Kier molecular flexibility index (Phi) is 4.04. The fourth-order valence-corrected chi connectivity index (χ4v) is 3.55. The molecule has 1 fully saturated rings. The van der Waals surface area contributed by atoms with Crippen molar-refractivity contribution in [2.75, 3.05) is 4.90 Å². The van der Waals surface area contributed by atoms with Gasteiger partial charge in [0.15, 0.2) is 0 Å². The molecule has 0 spiro atoms. The number of rotatable bonds is 3. The number of aryl methyl sites for hydroxylation is 1. The zero-order valence-electron chi connectivity index (χ0n) is 13.9. The normalized spacial score (nSPS) is 19.0. The lowest BCUT2D eigenvalue weighted by Crippen LogP contribution is -2.29. The van der Waals surface area contributed by atoms with Gasteiger partial charge < -0.3 is 5.11 Å². The summed E-state index contributed by atoms with van der Waals surface area (Å²) < 4.78 is 14.7. The fraction of sp³-hybridized carbons (Fsp3) is 0.118. The molecular formula is C17H12FN5O3S. The van der Waals surface area contributed by atoms with E-state index in [1.807, 2.05) is 0 Å². The average Bonchev–Trinajstić information content (AvgIpc) is 3.37. The molecule has 0 radical (unpaired) electrons. The predicted molar refractivity (Wildman–Crippen MR) is 94.3 cm³/mol. The van der Waals surface area contributed by atoms with Crippen LogP contribution >= 0.6 is 11.3 Å². The molecule has 27 heavy (non-hydrogen) atoms. The Morgan fingerprint density at radius 2 is 2.00 bits per heavy atom. The van der Waals surface area contributed by atoms with E-state index in [4.69, 9.17) is 0 Å². The van der Waals surface area contributed by atoms with Crippen molar-refractivity contribution in [1.82, 2.24) is 20.0 Å². The van der Waals surface area contributed by atoms with Crippen LogP contribution in [0.15, 0.2) is 47.7 Å². The second kappa shape index (κ2) is 6.40. The van der Waals surface area contributed by atoms with Crippen LogP contribution in [0.4, 0.5) is 9.52 Å². The highest BCUT2D eigenvalue weighted by atomic mass is 32.1. The van der Waals surface area contributed by atoms with Gasteiger partial charge in [0.1, 0.15) is 23.1 Å². The van der Waals surface area contributed by atoms with Crippen molar-refractivity contribution in [2.24, 2.45) is 7.05 Å². The number of carbonyl (C=O) groups excluding carboxylic acids is 2. The molecule has 1 aliphatic heterocycles. The van der Waals surface area contributed by atoms with Crippen LogP contribution in [0.2, 0.25) is 0 Å². The third-order valence-electron chi connectivity index (χ3n) is 4.16. The molecule has 1 amide bonds. The van der Waals surface area contributed by atoms with Gasteiger partial charge in [0, 0.05) is 24.4 Å². The standard InChI is InChI=1S/C17H12FN5O3S/c1-22-7-10(6-20-22)13-12(14(24)9-2-4-11(18)5-3-9)15(25)16(26)23(13)17-21-19-8-27-17/h2-8,13,24H,1H3/b14-12+. The molecule has 1 unspecified atom stereocenters. The first-order valence-electron chi connectivity index (χ1n) is 7.79. The zero-order valence-corrected chi connectivity index (χ0v) is 14.7. The lowest BCUT2D eigenvalue weighted by Gasteiger charge is -2.20. The van der Waals surface area contributed by atoms with Gasteiger partial charge in [0.2, 0.25) is 5.13 Å².